The van der Waals surface area contributed by atoms with E-state index in [0.29, 0.717) is 5.69 Å². The predicted octanol–water partition coefficient (Wildman–Crippen LogP) is 4.20. The molecule has 0 saturated heterocycles. The first-order chi connectivity index (χ1) is 11.1. The van der Waals surface area contributed by atoms with E-state index >= 15 is 0 Å². The highest BCUT2D eigenvalue weighted by atomic mass is 79.9. The molecule has 2 aromatic carbocycles. The third-order valence-electron chi connectivity index (χ3n) is 3.76. The number of hydrogen-bond donors (Lipinski definition) is 0. The molecule has 0 spiro atoms. The fourth-order valence-electron chi connectivity index (χ4n) is 2.60. The Morgan fingerprint density at radius 3 is 2.65 bits per heavy atom. The Labute approximate surface area is 142 Å². The molecule has 114 valence electrons. The number of nitrogens with zero attached hydrogens (tertiary/aromatic N) is 3. The van der Waals surface area contributed by atoms with E-state index in [0.717, 1.165) is 21.1 Å². The monoisotopic (exact) mass is 367 g/mol. The summed E-state index contributed by atoms with van der Waals surface area (Å²) in [6.45, 7) is 0.134. The Morgan fingerprint density at radius 1 is 1.22 bits per heavy atom. The summed E-state index contributed by atoms with van der Waals surface area (Å²) < 4.78 is 2.69. The van der Waals surface area contributed by atoms with Crippen LogP contribution < -0.4 is 4.90 Å². The first kappa shape index (κ1) is 15.3. The Hall–Kier alpha value is -2.58. The van der Waals surface area contributed by atoms with Gasteiger partial charge in [0.1, 0.15) is 12.2 Å². The van der Waals surface area contributed by atoms with Crippen molar-refractivity contribution in [3.63, 3.8) is 0 Å². The van der Waals surface area contributed by atoms with Gasteiger partial charge in [0.05, 0.1) is 6.07 Å². The minimum absolute atomic E-state index is 0.134. The number of benzene rings is 2. The van der Waals surface area contributed by atoms with Gasteiger partial charge < -0.3 is 9.47 Å². The zero-order chi connectivity index (χ0) is 16.4. The van der Waals surface area contributed by atoms with Crippen LogP contribution in [0, 0.1) is 11.3 Å². The molecule has 1 heterocycles. The molecule has 0 saturated carbocycles. The van der Waals surface area contributed by atoms with Crippen molar-refractivity contribution >= 4 is 38.4 Å². The van der Waals surface area contributed by atoms with E-state index in [2.05, 4.69) is 22.0 Å². The zero-order valence-electron chi connectivity index (χ0n) is 12.5. The molecule has 0 atom stereocenters. The lowest BCUT2D eigenvalue weighted by Gasteiger charge is -2.18. The maximum absolute atomic E-state index is 12.9. The molecule has 0 aliphatic carbocycles. The highest BCUT2D eigenvalue weighted by Crippen LogP contribution is 2.25. The summed E-state index contributed by atoms with van der Waals surface area (Å²) in [6, 6.07) is 19.2. The van der Waals surface area contributed by atoms with Crippen molar-refractivity contribution in [2.24, 2.45) is 0 Å². The Bertz CT molecular complexity index is 909. The van der Waals surface area contributed by atoms with Crippen molar-refractivity contribution in [3.05, 3.63) is 64.8 Å². The number of nitriles is 1. The van der Waals surface area contributed by atoms with Gasteiger partial charge in [0.15, 0.2) is 0 Å². The van der Waals surface area contributed by atoms with Crippen molar-refractivity contribution in [2.45, 2.75) is 6.54 Å². The highest BCUT2D eigenvalue weighted by molar-refractivity contribution is 9.10. The van der Waals surface area contributed by atoms with Crippen molar-refractivity contribution in [1.82, 2.24) is 4.57 Å². The standard InChI is InChI=1S/C18H14BrN3O/c1-21(15-5-3-2-4-6-15)18(23)17-12-13-11-14(19)7-8-16(13)22(17)10-9-20/h2-8,11-12H,10H2,1H3. The number of amides is 1. The van der Waals surface area contributed by atoms with Crippen molar-refractivity contribution in [3.8, 4) is 6.07 Å². The number of carbonyl (C=O) groups is 1. The summed E-state index contributed by atoms with van der Waals surface area (Å²) in [6.07, 6.45) is 0. The van der Waals surface area contributed by atoms with Gasteiger partial charge in [-0.15, -0.1) is 0 Å². The summed E-state index contributed by atoms with van der Waals surface area (Å²) in [5, 5.41) is 10.0. The van der Waals surface area contributed by atoms with E-state index in [1.807, 2.05) is 54.6 Å². The van der Waals surface area contributed by atoms with Crippen LogP contribution in [0.1, 0.15) is 10.5 Å². The van der Waals surface area contributed by atoms with Crippen LogP contribution in [0.25, 0.3) is 10.9 Å². The Kier molecular flexibility index (Phi) is 4.18. The molecule has 0 aliphatic heterocycles. The maximum atomic E-state index is 12.9. The zero-order valence-corrected chi connectivity index (χ0v) is 14.1. The van der Waals surface area contributed by atoms with Crippen molar-refractivity contribution < 1.29 is 4.79 Å². The van der Waals surface area contributed by atoms with Gasteiger partial charge in [-0.2, -0.15) is 5.26 Å². The lowest BCUT2D eigenvalue weighted by molar-refractivity contribution is 0.0985. The topological polar surface area (TPSA) is 49.0 Å². The summed E-state index contributed by atoms with van der Waals surface area (Å²) >= 11 is 3.44. The molecule has 0 fully saturated rings. The van der Waals surface area contributed by atoms with Crippen molar-refractivity contribution in [1.29, 1.82) is 5.26 Å². The molecular formula is C18H14BrN3O. The van der Waals surface area contributed by atoms with Crippen LogP contribution in [0.15, 0.2) is 59.1 Å². The van der Waals surface area contributed by atoms with Crippen LogP contribution in [0.3, 0.4) is 0 Å². The maximum Gasteiger partial charge on any atom is 0.274 e. The van der Waals surface area contributed by atoms with E-state index in [9.17, 15) is 4.79 Å². The van der Waals surface area contributed by atoms with Crippen LogP contribution in [0.4, 0.5) is 5.69 Å². The molecule has 5 heteroatoms. The second-order valence-corrected chi connectivity index (χ2v) is 6.09. The van der Waals surface area contributed by atoms with Gasteiger partial charge in [0.2, 0.25) is 0 Å². The molecule has 0 bridgehead atoms. The quantitative estimate of drug-likeness (QED) is 0.696. The highest BCUT2D eigenvalue weighted by Gasteiger charge is 2.20. The molecule has 3 rings (SSSR count). The van der Waals surface area contributed by atoms with Gasteiger partial charge in [0, 0.05) is 28.1 Å². The second kappa shape index (κ2) is 6.27. The molecule has 0 unspecified atom stereocenters. The van der Waals surface area contributed by atoms with Crippen LogP contribution >= 0.6 is 15.9 Å². The molecule has 1 aromatic heterocycles. The summed E-state index contributed by atoms with van der Waals surface area (Å²) in [5.41, 5.74) is 2.19. The molecular weight excluding hydrogens is 354 g/mol. The normalized spacial score (nSPS) is 10.5. The first-order valence-electron chi connectivity index (χ1n) is 7.10. The number of para-hydroxylation sites is 1. The number of carbonyl (C=O) groups excluding carboxylic acids is 1. The number of halogens is 1. The average molecular weight is 368 g/mol. The van der Waals surface area contributed by atoms with E-state index in [1.54, 1.807) is 16.5 Å². The SMILES string of the molecule is CN(C(=O)c1cc2cc(Br)ccc2n1CC#N)c1ccccc1. The second-order valence-electron chi connectivity index (χ2n) is 5.18. The van der Waals surface area contributed by atoms with E-state index in [1.165, 1.54) is 0 Å². The average Bonchev–Trinajstić information content (AvgIpc) is 2.92. The first-order valence-corrected chi connectivity index (χ1v) is 7.90. The number of hydrogen-bond acceptors (Lipinski definition) is 2. The van der Waals surface area contributed by atoms with Crippen molar-refractivity contribution in [2.75, 3.05) is 11.9 Å². The van der Waals surface area contributed by atoms with Crippen LogP contribution in [0.2, 0.25) is 0 Å². The lowest BCUT2D eigenvalue weighted by atomic mass is 10.2. The predicted molar refractivity (Wildman–Crippen MR) is 94.4 cm³/mol. The number of aromatic nitrogens is 1. The third-order valence-corrected chi connectivity index (χ3v) is 4.25. The molecule has 23 heavy (non-hydrogen) atoms. The van der Waals surface area contributed by atoms with E-state index < -0.39 is 0 Å². The minimum Gasteiger partial charge on any atom is -0.322 e. The number of anilines is 1. The number of fused-ring (bicyclic) bond motifs is 1. The summed E-state index contributed by atoms with van der Waals surface area (Å²) in [5.74, 6) is -0.140. The number of rotatable bonds is 3. The van der Waals surface area contributed by atoms with Gasteiger partial charge in [0.25, 0.3) is 5.91 Å². The molecule has 0 N–H and O–H groups in total. The van der Waals surface area contributed by atoms with Crippen LogP contribution in [0.5, 0.6) is 0 Å². The van der Waals surface area contributed by atoms with E-state index in [4.69, 9.17) is 5.26 Å². The third kappa shape index (κ3) is 2.86. The van der Waals surface area contributed by atoms with Crippen LogP contribution in [-0.2, 0) is 6.54 Å². The minimum atomic E-state index is -0.140. The van der Waals surface area contributed by atoms with Crippen LogP contribution in [-0.4, -0.2) is 17.5 Å². The Morgan fingerprint density at radius 2 is 1.96 bits per heavy atom. The van der Waals surface area contributed by atoms with Gasteiger partial charge in [-0.25, -0.2) is 0 Å². The fourth-order valence-corrected chi connectivity index (χ4v) is 2.98. The molecule has 0 radical (unpaired) electrons. The van der Waals surface area contributed by atoms with Gasteiger partial charge in [-0.1, -0.05) is 34.1 Å². The van der Waals surface area contributed by atoms with Gasteiger partial charge >= 0.3 is 0 Å². The molecule has 3 aromatic rings. The fraction of sp³-hybridized carbons (Fsp3) is 0.111. The summed E-state index contributed by atoms with van der Waals surface area (Å²) in [4.78, 5) is 14.5. The largest absolute Gasteiger partial charge is 0.322 e. The molecule has 0 aliphatic rings. The lowest BCUT2D eigenvalue weighted by Crippen LogP contribution is -2.28. The molecule has 1 amide bonds. The van der Waals surface area contributed by atoms with Gasteiger partial charge in [-0.05, 0) is 36.4 Å². The van der Waals surface area contributed by atoms with Gasteiger partial charge in [-0.3, -0.25) is 4.79 Å². The Balaban J connectivity index is 2.09. The van der Waals surface area contributed by atoms with E-state index in [-0.39, 0.29) is 12.5 Å². The molecule has 4 nitrogen and oxygen atoms in total. The summed E-state index contributed by atoms with van der Waals surface area (Å²) in [7, 11) is 1.74. The smallest absolute Gasteiger partial charge is 0.274 e.